The molecule has 0 fully saturated rings. The Morgan fingerprint density at radius 1 is 1.29 bits per heavy atom. The van der Waals surface area contributed by atoms with Crippen LogP contribution in [0.2, 0.25) is 0 Å². The van der Waals surface area contributed by atoms with Gasteiger partial charge in [0.1, 0.15) is 5.75 Å². The molecule has 0 aliphatic heterocycles. The van der Waals surface area contributed by atoms with Crippen LogP contribution in [0.4, 0.5) is 5.69 Å². The number of benzene rings is 2. The minimum Gasteiger partial charge on any atom is -0.448 e. The van der Waals surface area contributed by atoms with E-state index < -0.39 is 11.0 Å². The molecule has 0 heterocycles. The number of para-hydroxylation sites is 1. The summed E-state index contributed by atoms with van der Waals surface area (Å²) in [6.45, 7) is 1.60. The average molecular weight is 417 g/mol. The Bertz CT molecular complexity index is 689. The van der Waals surface area contributed by atoms with E-state index in [4.69, 9.17) is 4.74 Å². The van der Waals surface area contributed by atoms with Crippen molar-refractivity contribution in [3.63, 3.8) is 0 Å². The molecule has 0 saturated carbocycles. The highest BCUT2D eigenvalue weighted by molar-refractivity contribution is 9.10. The van der Waals surface area contributed by atoms with E-state index in [1.807, 2.05) is 0 Å². The molecule has 2 rings (SSSR count). The molecule has 1 N–H and O–H groups in total. The maximum absolute atomic E-state index is 11.1. The number of hydrogen-bond acceptors (Lipinski definition) is 4. The van der Waals surface area contributed by atoms with Crippen molar-refractivity contribution in [2.24, 2.45) is 0 Å². The van der Waals surface area contributed by atoms with E-state index in [1.54, 1.807) is 37.3 Å². The number of halogens is 2. The third-order valence-corrected chi connectivity index (χ3v) is 3.90. The number of nitro benzene ring substituents is 1. The smallest absolute Gasteiger partial charge is 0.312 e. The number of nitro groups is 1. The van der Waals surface area contributed by atoms with Crippen LogP contribution in [-0.4, -0.2) is 10.0 Å². The molecule has 5 nitrogen and oxygen atoms in total. The molecule has 0 aliphatic carbocycles. The van der Waals surface area contributed by atoms with E-state index in [2.05, 4.69) is 31.9 Å². The molecule has 2 aromatic carbocycles. The van der Waals surface area contributed by atoms with Gasteiger partial charge in [0.25, 0.3) is 0 Å². The molecular weight excluding hydrogens is 406 g/mol. The van der Waals surface area contributed by atoms with Gasteiger partial charge in [-0.05, 0) is 41.1 Å². The quantitative estimate of drug-likeness (QED) is 0.564. The summed E-state index contributed by atoms with van der Waals surface area (Å²) < 4.78 is 6.91. The maximum Gasteiger partial charge on any atom is 0.312 e. The Morgan fingerprint density at radius 3 is 2.62 bits per heavy atom. The van der Waals surface area contributed by atoms with Gasteiger partial charge in [0, 0.05) is 16.1 Å². The van der Waals surface area contributed by atoms with Crippen LogP contribution in [0.15, 0.2) is 45.3 Å². The van der Waals surface area contributed by atoms with Gasteiger partial charge in [-0.1, -0.05) is 28.1 Å². The normalized spacial score (nSPS) is 12.0. The van der Waals surface area contributed by atoms with Crippen molar-refractivity contribution in [1.29, 1.82) is 0 Å². The van der Waals surface area contributed by atoms with Gasteiger partial charge in [-0.3, -0.25) is 10.1 Å². The van der Waals surface area contributed by atoms with Gasteiger partial charge >= 0.3 is 5.69 Å². The fraction of sp³-hybridized carbons (Fsp3) is 0.143. The van der Waals surface area contributed by atoms with Crippen LogP contribution in [0.5, 0.6) is 11.5 Å². The van der Waals surface area contributed by atoms with Crippen molar-refractivity contribution in [3.8, 4) is 11.5 Å². The summed E-state index contributed by atoms with van der Waals surface area (Å²) in [7, 11) is 0. The van der Waals surface area contributed by atoms with Crippen molar-refractivity contribution in [3.05, 3.63) is 61.0 Å². The molecule has 0 aliphatic rings. The zero-order valence-electron chi connectivity index (χ0n) is 10.9. The molecular formula is C14H11Br2NO4. The van der Waals surface area contributed by atoms with Crippen LogP contribution in [-0.2, 0) is 0 Å². The lowest BCUT2D eigenvalue weighted by Crippen LogP contribution is -1.99. The summed E-state index contributed by atoms with van der Waals surface area (Å²) in [4.78, 5) is 10.6. The molecule has 0 aromatic heterocycles. The minimum absolute atomic E-state index is 0.0995. The second-order valence-electron chi connectivity index (χ2n) is 4.31. The van der Waals surface area contributed by atoms with Crippen molar-refractivity contribution in [2.45, 2.75) is 13.0 Å². The number of rotatable bonds is 4. The van der Waals surface area contributed by atoms with Crippen LogP contribution in [0.1, 0.15) is 18.6 Å². The zero-order chi connectivity index (χ0) is 15.6. The first-order chi connectivity index (χ1) is 9.90. The van der Waals surface area contributed by atoms with Gasteiger partial charge in [0.05, 0.1) is 15.5 Å². The predicted molar refractivity (Wildman–Crippen MR) is 85.6 cm³/mol. The third-order valence-electron chi connectivity index (χ3n) is 2.78. The van der Waals surface area contributed by atoms with E-state index in [1.165, 1.54) is 6.07 Å². The van der Waals surface area contributed by atoms with Crippen LogP contribution in [0.3, 0.4) is 0 Å². The van der Waals surface area contributed by atoms with Crippen LogP contribution < -0.4 is 4.74 Å². The van der Waals surface area contributed by atoms with E-state index in [0.717, 1.165) is 4.47 Å². The van der Waals surface area contributed by atoms with Gasteiger partial charge in [-0.15, -0.1) is 0 Å². The molecule has 1 atom stereocenters. The SMILES string of the molecule is CC(O)c1ccc(Br)cc1Oc1c(Br)cccc1[N+](=O)[O-]. The Morgan fingerprint density at radius 2 is 2.00 bits per heavy atom. The molecule has 0 amide bonds. The largest absolute Gasteiger partial charge is 0.448 e. The van der Waals surface area contributed by atoms with Gasteiger partial charge < -0.3 is 9.84 Å². The van der Waals surface area contributed by atoms with Crippen LogP contribution in [0.25, 0.3) is 0 Å². The first kappa shape index (κ1) is 15.9. The van der Waals surface area contributed by atoms with Gasteiger partial charge in [-0.25, -0.2) is 0 Å². The van der Waals surface area contributed by atoms with Gasteiger partial charge in [0.2, 0.25) is 5.75 Å². The number of hydrogen-bond donors (Lipinski definition) is 1. The number of aliphatic hydroxyl groups is 1. The highest BCUT2D eigenvalue weighted by atomic mass is 79.9. The number of nitrogens with zero attached hydrogens (tertiary/aromatic N) is 1. The fourth-order valence-corrected chi connectivity index (χ4v) is 2.57. The van der Waals surface area contributed by atoms with Gasteiger partial charge in [-0.2, -0.15) is 0 Å². The lowest BCUT2D eigenvalue weighted by molar-refractivity contribution is -0.385. The summed E-state index contributed by atoms with van der Waals surface area (Å²) in [5, 5.41) is 20.9. The van der Waals surface area contributed by atoms with E-state index in [-0.39, 0.29) is 11.4 Å². The molecule has 21 heavy (non-hydrogen) atoms. The third kappa shape index (κ3) is 3.61. The van der Waals surface area contributed by atoms with Crippen molar-refractivity contribution >= 4 is 37.5 Å². The van der Waals surface area contributed by atoms with E-state index >= 15 is 0 Å². The average Bonchev–Trinajstić information content (AvgIpc) is 2.40. The summed E-state index contributed by atoms with van der Waals surface area (Å²) in [5.41, 5.74) is 0.393. The first-order valence-corrected chi connectivity index (χ1v) is 7.57. The Balaban J connectivity index is 2.53. The standard InChI is InChI=1S/C14H11Br2NO4/c1-8(18)10-6-5-9(15)7-13(10)21-14-11(16)3-2-4-12(14)17(19)20/h2-8,18H,1H3. The van der Waals surface area contributed by atoms with Crippen LogP contribution in [0, 0.1) is 10.1 Å². The van der Waals surface area contributed by atoms with Crippen molar-refractivity contribution in [2.75, 3.05) is 0 Å². The van der Waals surface area contributed by atoms with Crippen molar-refractivity contribution < 1.29 is 14.8 Å². The molecule has 7 heteroatoms. The lowest BCUT2D eigenvalue weighted by atomic mass is 10.1. The Hall–Kier alpha value is -1.44. The molecule has 1 unspecified atom stereocenters. The Kier molecular flexibility index (Phi) is 4.97. The highest BCUT2D eigenvalue weighted by Gasteiger charge is 2.20. The Labute approximate surface area is 138 Å². The second-order valence-corrected chi connectivity index (χ2v) is 6.08. The summed E-state index contributed by atoms with van der Waals surface area (Å²) in [6, 6.07) is 9.70. The molecule has 0 radical (unpaired) electrons. The number of ether oxygens (including phenoxy) is 1. The molecule has 0 bridgehead atoms. The minimum atomic E-state index is -0.755. The van der Waals surface area contributed by atoms with Crippen molar-refractivity contribution in [1.82, 2.24) is 0 Å². The second kappa shape index (κ2) is 6.55. The van der Waals surface area contributed by atoms with E-state index in [9.17, 15) is 15.2 Å². The molecule has 110 valence electrons. The van der Waals surface area contributed by atoms with E-state index in [0.29, 0.717) is 15.8 Å². The predicted octanol–water partition coefficient (Wildman–Crippen LogP) is 4.97. The molecule has 0 spiro atoms. The van der Waals surface area contributed by atoms with Gasteiger partial charge in [0.15, 0.2) is 0 Å². The highest BCUT2D eigenvalue weighted by Crippen LogP contribution is 2.40. The molecule has 0 saturated heterocycles. The first-order valence-electron chi connectivity index (χ1n) is 5.98. The summed E-state index contributed by atoms with van der Waals surface area (Å²) >= 11 is 6.57. The lowest BCUT2D eigenvalue weighted by Gasteiger charge is -2.14. The zero-order valence-corrected chi connectivity index (χ0v) is 14.1. The maximum atomic E-state index is 11.1. The molecule has 2 aromatic rings. The van der Waals surface area contributed by atoms with Crippen LogP contribution >= 0.6 is 31.9 Å². The fourth-order valence-electron chi connectivity index (χ4n) is 1.79. The summed E-state index contributed by atoms with van der Waals surface area (Å²) in [6.07, 6.45) is -0.755. The topological polar surface area (TPSA) is 72.6 Å². The number of aliphatic hydroxyl groups excluding tert-OH is 1. The monoisotopic (exact) mass is 415 g/mol. The summed E-state index contributed by atoms with van der Waals surface area (Å²) in [5.74, 6) is 0.455.